The predicted molar refractivity (Wildman–Crippen MR) is 133 cm³/mol. The quantitative estimate of drug-likeness (QED) is 0.351. The van der Waals surface area contributed by atoms with Gasteiger partial charge >= 0.3 is 6.09 Å². The van der Waals surface area contributed by atoms with Gasteiger partial charge < -0.3 is 14.4 Å². The first-order valence-electron chi connectivity index (χ1n) is 11.4. The lowest BCUT2D eigenvalue weighted by Crippen LogP contribution is -2.40. The van der Waals surface area contributed by atoms with Crippen LogP contribution in [-0.2, 0) is 24.3 Å². The van der Waals surface area contributed by atoms with Crippen molar-refractivity contribution in [1.29, 1.82) is 0 Å². The van der Waals surface area contributed by atoms with Gasteiger partial charge in [0.05, 0.1) is 16.7 Å². The zero-order chi connectivity index (χ0) is 25.4. The minimum atomic E-state index is -0.533. The molecule has 1 aliphatic rings. The van der Waals surface area contributed by atoms with Gasteiger partial charge in [-0.05, 0) is 72.6 Å². The van der Waals surface area contributed by atoms with Crippen LogP contribution in [0, 0.1) is 5.82 Å². The van der Waals surface area contributed by atoms with Gasteiger partial charge in [0, 0.05) is 30.3 Å². The normalized spacial score (nSPS) is 13.5. The van der Waals surface area contributed by atoms with E-state index in [0.29, 0.717) is 46.9 Å². The number of rotatable bonds is 4. The lowest BCUT2D eigenvalue weighted by Gasteiger charge is -2.30. The Hall–Kier alpha value is -3.60. The van der Waals surface area contributed by atoms with E-state index in [0.717, 1.165) is 17.0 Å². The number of carbonyl (C=O) groups excluding carboxylic acids is 1. The van der Waals surface area contributed by atoms with Crippen molar-refractivity contribution in [3.05, 3.63) is 69.7 Å². The topological polar surface area (TPSA) is 94.7 Å². The molecule has 0 unspecified atom stereocenters. The molecule has 0 saturated carbocycles. The van der Waals surface area contributed by atoms with Crippen molar-refractivity contribution in [2.45, 2.75) is 45.9 Å². The van der Waals surface area contributed by atoms with Gasteiger partial charge in [0.15, 0.2) is 11.5 Å². The molecule has 0 saturated heterocycles. The van der Waals surface area contributed by atoms with Crippen LogP contribution in [0.15, 0.2) is 46.9 Å². The van der Waals surface area contributed by atoms with E-state index in [1.54, 1.807) is 27.6 Å². The molecule has 0 aliphatic carbocycles. The second kappa shape index (κ2) is 9.45. The van der Waals surface area contributed by atoms with Gasteiger partial charge in [-0.1, -0.05) is 6.07 Å². The summed E-state index contributed by atoms with van der Waals surface area (Å²) in [6, 6.07) is 11.6. The molecule has 0 atom stereocenters. The van der Waals surface area contributed by atoms with Crippen molar-refractivity contribution in [3.8, 4) is 17.3 Å². The Balaban J connectivity index is 1.30. The largest absolute Gasteiger partial charge is 0.469 e. The number of fused-ring (bicyclic) bond motifs is 2. The second-order valence-electron chi connectivity index (χ2n) is 9.45. The molecule has 0 N–H and O–H groups in total. The lowest BCUT2D eigenvalue weighted by molar-refractivity contribution is 0.0222. The maximum absolute atomic E-state index is 13.3. The predicted octanol–water partition coefficient (Wildman–Crippen LogP) is 4.96. The molecule has 1 aliphatic heterocycles. The van der Waals surface area contributed by atoms with E-state index in [1.807, 2.05) is 32.9 Å². The summed E-state index contributed by atoms with van der Waals surface area (Å²) >= 11 is 3.48. The Morgan fingerprint density at radius 3 is 2.67 bits per heavy atom. The molecular formula is C25H24BrFN6O3. The van der Waals surface area contributed by atoms with Gasteiger partial charge in [-0.25, -0.2) is 9.18 Å². The Labute approximate surface area is 215 Å². The summed E-state index contributed by atoms with van der Waals surface area (Å²) in [7, 11) is 0. The number of aromatic nitrogens is 5. The fourth-order valence-corrected chi connectivity index (χ4v) is 4.24. The molecule has 5 rings (SSSR count). The molecule has 9 nitrogen and oxygen atoms in total. The summed E-state index contributed by atoms with van der Waals surface area (Å²) in [5.41, 5.74) is 3.35. The molecular weight excluding hydrogens is 531 g/mol. The van der Waals surface area contributed by atoms with Crippen molar-refractivity contribution in [2.75, 3.05) is 6.54 Å². The van der Waals surface area contributed by atoms with Gasteiger partial charge in [0.1, 0.15) is 18.0 Å². The highest BCUT2D eigenvalue weighted by Gasteiger charge is 2.26. The molecule has 0 fully saturated rings. The van der Waals surface area contributed by atoms with E-state index in [2.05, 4.69) is 31.2 Å². The summed E-state index contributed by atoms with van der Waals surface area (Å²) < 4.78 is 27.0. The van der Waals surface area contributed by atoms with Gasteiger partial charge in [-0.2, -0.15) is 4.52 Å². The van der Waals surface area contributed by atoms with E-state index in [-0.39, 0.29) is 18.5 Å². The first-order chi connectivity index (χ1) is 17.2. The van der Waals surface area contributed by atoms with Crippen LogP contribution in [0.25, 0.3) is 17.0 Å². The fourth-order valence-electron chi connectivity index (χ4n) is 3.84. The van der Waals surface area contributed by atoms with E-state index >= 15 is 0 Å². The van der Waals surface area contributed by atoms with Gasteiger partial charge in [0.2, 0.25) is 5.88 Å². The number of halogens is 2. The third-order valence-corrected chi connectivity index (χ3v) is 6.10. The average molecular weight is 555 g/mol. The van der Waals surface area contributed by atoms with Crippen LogP contribution in [0.3, 0.4) is 0 Å². The van der Waals surface area contributed by atoms with Crippen molar-refractivity contribution >= 4 is 27.7 Å². The number of carbonyl (C=O) groups is 1. The molecule has 186 valence electrons. The smallest absolute Gasteiger partial charge is 0.410 e. The molecule has 1 amide bonds. The van der Waals surface area contributed by atoms with Crippen LogP contribution >= 0.6 is 15.9 Å². The molecule has 0 spiro atoms. The van der Waals surface area contributed by atoms with Crippen LogP contribution in [0.4, 0.5) is 9.18 Å². The van der Waals surface area contributed by atoms with Crippen molar-refractivity contribution in [1.82, 2.24) is 29.7 Å². The van der Waals surface area contributed by atoms with E-state index < -0.39 is 5.60 Å². The van der Waals surface area contributed by atoms with Crippen LogP contribution < -0.4 is 4.74 Å². The van der Waals surface area contributed by atoms with Gasteiger partial charge in [-0.3, -0.25) is 4.98 Å². The lowest BCUT2D eigenvalue weighted by atomic mass is 10.1. The van der Waals surface area contributed by atoms with Crippen LogP contribution in [0.5, 0.6) is 5.88 Å². The number of pyridine rings is 1. The Morgan fingerprint density at radius 1 is 1.14 bits per heavy atom. The van der Waals surface area contributed by atoms with Crippen molar-refractivity contribution < 1.29 is 18.7 Å². The SMILES string of the molecule is CC(C)(C)OC(=O)N1CCc2nc(COc3nn4c(-c5ccc(F)cc5)nnc4cc3Br)ccc2C1. The van der Waals surface area contributed by atoms with E-state index in [9.17, 15) is 9.18 Å². The molecule has 4 aromatic rings. The standard InChI is InChI=1S/C25H24BrFN6O3/c1-25(2,3)36-24(34)32-11-10-20-16(13-32)6-9-18(28-20)14-35-23-19(26)12-21-29-30-22(33(21)31-23)15-4-7-17(27)8-5-15/h4-9,12H,10-11,13-14H2,1-3H3. The maximum Gasteiger partial charge on any atom is 0.410 e. The van der Waals surface area contributed by atoms with Gasteiger partial charge in [-0.15, -0.1) is 15.3 Å². The van der Waals surface area contributed by atoms with E-state index in [1.165, 1.54) is 12.1 Å². The van der Waals surface area contributed by atoms with Crippen LogP contribution in [-0.4, -0.2) is 47.9 Å². The number of benzene rings is 1. The molecule has 11 heteroatoms. The van der Waals surface area contributed by atoms with E-state index in [4.69, 9.17) is 14.5 Å². The molecule has 0 radical (unpaired) electrons. The minimum absolute atomic E-state index is 0.203. The van der Waals surface area contributed by atoms with Crippen molar-refractivity contribution in [3.63, 3.8) is 0 Å². The first-order valence-corrected chi connectivity index (χ1v) is 12.2. The number of hydrogen-bond acceptors (Lipinski definition) is 7. The maximum atomic E-state index is 13.3. The molecule has 1 aromatic carbocycles. The highest BCUT2D eigenvalue weighted by molar-refractivity contribution is 9.10. The summed E-state index contributed by atoms with van der Waals surface area (Å²) in [5, 5.41) is 12.9. The summed E-state index contributed by atoms with van der Waals surface area (Å²) in [6.07, 6.45) is 0.318. The first kappa shape index (κ1) is 24.1. The fraction of sp³-hybridized carbons (Fsp3) is 0.320. The Bertz CT molecular complexity index is 1430. The van der Waals surface area contributed by atoms with Gasteiger partial charge in [0.25, 0.3) is 0 Å². The summed E-state index contributed by atoms with van der Waals surface area (Å²) in [6.45, 7) is 6.77. The molecule has 36 heavy (non-hydrogen) atoms. The third-order valence-electron chi connectivity index (χ3n) is 5.53. The minimum Gasteiger partial charge on any atom is -0.469 e. The molecule has 4 heterocycles. The number of amides is 1. The summed E-state index contributed by atoms with van der Waals surface area (Å²) in [4.78, 5) is 18.8. The number of nitrogens with zero attached hydrogens (tertiary/aromatic N) is 6. The number of hydrogen-bond donors (Lipinski definition) is 0. The van der Waals surface area contributed by atoms with Crippen molar-refractivity contribution in [2.24, 2.45) is 0 Å². The van der Waals surface area contributed by atoms with Crippen LogP contribution in [0.2, 0.25) is 0 Å². The molecule has 3 aromatic heterocycles. The molecule has 0 bridgehead atoms. The van der Waals surface area contributed by atoms with Crippen LogP contribution in [0.1, 0.15) is 37.7 Å². The Kier molecular flexibility index (Phi) is 6.33. The highest BCUT2D eigenvalue weighted by atomic mass is 79.9. The highest BCUT2D eigenvalue weighted by Crippen LogP contribution is 2.27. The Morgan fingerprint density at radius 2 is 1.92 bits per heavy atom. The average Bonchev–Trinajstić information content (AvgIpc) is 3.24. The summed E-state index contributed by atoms with van der Waals surface area (Å²) in [5.74, 6) is 0.493. The number of ether oxygens (including phenoxy) is 2. The zero-order valence-electron chi connectivity index (χ0n) is 20.0. The monoisotopic (exact) mass is 554 g/mol. The zero-order valence-corrected chi connectivity index (χ0v) is 21.6. The third kappa shape index (κ3) is 5.15. The second-order valence-corrected chi connectivity index (χ2v) is 10.3.